The van der Waals surface area contributed by atoms with Crippen molar-refractivity contribution in [3.63, 3.8) is 0 Å². The van der Waals surface area contributed by atoms with Crippen LogP contribution >= 0.6 is 0 Å². The minimum Gasteiger partial charge on any atom is -0.486 e. The Morgan fingerprint density at radius 3 is 2.89 bits per heavy atom. The number of aromatic nitrogens is 2. The van der Waals surface area contributed by atoms with E-state index >= 15 is 0 Å². The van der Waals surface area contributed by atoms with Gasteiger partial charge < -0.3 is 9.47 Å². The number of rotatable bonds is 2. The van der Waals surface area contributed by atoms with E-state index in [0.29, 0.717) is 36.0 Å². The van der Waals surface area contributed by atoms with Crippen LogP contribution in [0.5, 0.6) is 11.5 Å². The first kappa shape index (κ1) is 10.8. The Hall–Kier alpha value is -2.30. The number of ketones is 1. The Labute approximate surface area is 104 Å². The summed E-state index contributed by atoms with van der Waals surface area (Å²) in [4.78, 5) is 12.3. The van der Waals surface area contributed by atoms with E-state index in [1.807, 2.05) is 0 Å². The molecule has 0 spiro atoms. The van der Waals surface area contributed by atoms with Gasteiger partial charge >= 0.3 is 0 Å². The summed E-state index contributed by atoms with van der Waals surface area (Å²) < 4.78 is 12.6. The number of para-hydroxylation sites is 1. The summed E-state index contributed by atoms with van der Waals surface area (Å²) in [6.45, 7) is 0.966. The predicted molar refractivity (Wildman–Crippen MR) is 64.1 cm³/mol. The summed E-state index contributed by atoms with van der Waals surface area (Å²) in [7, 11) is 1.77. The molecule has 0 saturated heterocycles. The molecule has 5 heteroatoms. The van der Waals surface area contributed by atoms with E-state index in [4.69, 9.17) is 9.47 Å². The van der Waals surface area contributed by atoms with Gasteiger partial charge in [-0.3, -0.25) is 9.48 Å². The molecule has 0 saturated carbocycles. The zero-order chi connectivity index (χ0) is 12.5. The lowest BCUT2D eigenvalue weighted by Gasteiger charge is -2.20. The first-order valence-electron chi connectivity index (χ1n) is 5.68. The standard InChI is InChI=1S/C13H12N2O3/c1-15-6-5-10(14-15)12(16)9-3-2-4-11-13(9)18-8-7-17-11/h2-6H,7-8H2,1H3. The predicted octanol–water partition coefficient (Wildman–Crippen LogP) is 1.42. The summed E-state index contributed by atoms with van der Waals surface area (Å²) in [6.07, 6.45) is 1.74. The maximum absolute atomic E-state index is 12.3. The largest absolute Gasteiger partial charge is 0.486 e. The number of fused-ring (bicyclic) bond motifs is 1. The fourth-order valence-corrected chi connectivity index (χ4v) is 1.93. The van der Waals surface area contributed by atoms with Gasteiger partial charge in [-0.25, -0.2) is 0 Å². The lowest BCUT2D eigenvalue weighted by atomic mass is 10.1. The molecule has 92 valence electrons. The van der Waals surface area contributed by atoms with Crippen LogP contribution < -0.4 is 9.47 Å². The molecular weight excluding hydrogens is 232 g/mol. The van der Waals surface area contributed by atoms with Gasteiger partial charge in [0, 0.05) is 13.2 Å². The van der Waals surface area contributed by atoms with Crippen LogP contribution in [0.25, 0.3) is 0 Å². The van der Waals surface area contributed by atoms with Crippen LogP contribution in [0.15, 0.2) is 30.5 Å². The normalized spacial score (nSPS) is 13.4. The lowest BCUT2D eigenvalue weighted by molar-refractivity contribution is 0.102. The molecule has 0 amide bonds. The van der Waals surface area contributed by atoms with Gasteiger partial charge in [0.05, 0.1) is 5.56 Å². The summed E-state index contributed by atoms with van der Waals surface area (Å²) in [5.41, 5.74) is 0.894. The van der Waals surface area contributed by atoms with Crippen molar-refractivity contribution < 1.29 is 14.3 Å². The second kappa shape index (κ2) is 4.18. The van der Waals surface area contributed by atoms with Gasteiger partial charge in [-0.05, 0) is 18.2 Å². The SMILES string of the molecule is Cn1ccc(C(=O)c2cccc3c2OCCO3)n1. The van der Waals surface area contributed by atoms with Crippen molar-refractivity contribution in [2.45, 2.75) is 0 Å². The average molecular weight is 244 g/mol. The summed E-state index contributed by atoms with van der Waals surface area (Å²) in [6, 6.07) is 6.99. The summed E-state index contributed by atoms with van der Waals surface area (Å²) >= 11 is 0. The van der Waals surface area contributed by atoms with Gasteiger partial charge in [-0.15, -0.1) is 0 Å². The maximum atomic E-state index is 12.3. The van der Waals surface area contributed by atoms with E-state index in [1.165, 1.54) is 0 Å². The zero-order valence-corrected chi connectivity index (χ0v) is 9.92. The summed E-state index contributed by atoms with van der Waals surface area (Å²) in [5, 5.41) is 4.11. The molecule has 2 aromatic rings. The highest BCUT2D eigenvalue weighted by molar-refractivity contribution is 6.10. The highest BCUT2D eigenvalue weighted by atomic mass is 16.6. The molecule has 1 aromatic heterocycles. The van der Waals surface area contributed by atoms with Crippen molar-refractivity contribution in [1.82, 2.24) is 9.78 Å². The van der Waals surface area contributed by atoms with Crippen molar-refractivity contribution in [2.75, 3.05) is 13.2 Å². The number of aryl methyl sites for hydroxylation is 1. The van der Waals surface area contributed by atoms with E-state index in [-0.39, 0.29) is 5.78 Å². The first-order valence-corrected chi connectivity index (χ1v) is 5.68. The third-order valence-corrected chi connectivity index (χ3v) is 2.76. The van der Waals surface area contributed by atoms with Crippen LogP contribution in [0, 0.1) is 0 Å². The Bertz CT molecular complexity index is 604. The van der Waals surface area contributed by atoms with Gasteiger partial charge in [0.1, 0.15) is 18.9 Å². The molecule has 1 aromatic carbocycles. The molecule has 2 heterocycles. The highest BCUT2D eigenvalue weighted by Crippen LogP contribution is 2.34. The molecule has 3 rings (SSSR count). The molecule has 0 bridgehead atoms. The molecule has 18 heavy (non-hydrogen) atoms. The van der Waals surface area contributed by atoms with Crippen LogP contribution in [0.1, 0.15) is 16.1 Å². The molecule has 0 atom stereocenters. The topological polar surface area (TPSA) is 53.4 Å². The van der Waals surface area contributed by atoms with Gasteiger partial charge in [-0.2, -0.15) is 5.10 Å². The summed E-state index contributed by atoms with van der Waals surface area (Å²) in [5.74, 6) is 0.973. The Balaban J connectivity index is 2.04. The Kier molecular flexibility index (Phi) is 2.51. The fraction of sp³-hybridized carbons (Fsp3) is 0.231. The van der Waals surface area contributed by atoms with Crippen molar-refractivity contribution >= 4 is 5.78 Å². The van der Waals surface area contributed by atoms with E-state index < -0.39 is 0 Å². The second-order valence-electron chi connectivity index (χ2n) is 4.03. The second-order valence-corrected chi connectivity index (χ2v) is 4.03. The van der Waals surface area contributed by atoms with Gasteiger partial charge in [0.25, 0.3) is 0 Å². The number of benzene rings is 1. The van der Waals surface area contributed by atoms with E-state index in [0.717, 1.165) is 0 Å². The van der Waals surface area contributed by atoms with E-state index in [9.17, 15) is 4.79 Å². The van der Waals surface area contributed by atoms with Crippen molar-refractivity contribution in [1.29, 1.82) is 0 Å². The van der Waals surface area contributed by atoms with Crippen LogP contribution in [0.4, 0.5) is 0 Å². The number of hydrogen-bond acceptors (Lipinski definition) is 4. The zero-order valence-electron chi connectivity index (χ0n) is 9.92. The first-order chi connectivity index (χ1) is 8.75. The molecule has 0 unspecified atom stereocenters. The molecule has 0 N–H and O–H groups in total. The van der Waals surface area contributed by atoms with E-state index in [1.54, 1.807) is 42.2 Å². The van der Waals surface area contributed by atoms with Crippen LogP contribution in [0.3, 0.4) is 0 Å². The smallest absolute Gasteiger partial charge is 0.217 e. The lowest BCUT2D eigenvalue weighted by Crippen LogP contribution is -2.18. The molecule has 1 aliphatic heterocycles. The Morgan fingerprint density at radius 1 is 1.28 bits per heavy atom. The highest BCUT2D eigenvalue weighted by Gasteiger charge is 2.22. The van der Waals surface area contributed by atoms with Gasteiger partial charge in [0.15, 0.2) is 11.5 Å². The third kappa shape index (κ3) is 1.73. The average Bonchev–Trinajstić information content (AvgIpc) is 2.84. The third-order valence-electron chi connectivity index (χ3n) is 2.76. The molecule has 0 radical (unpaired) electrons. The van der Waals surface area contributed by atoms with Crippen LogP contribution in [0.2, 0.25) is 0 Å². The van der Waals surface area contributed by atoms with Crippen LogP contribution in [-0.2, 0) is 7.05 Å². The van der Waals surface area contributed by atoms with E-state index in [2.05, 4.69) is 5.10 Å². The monoisotopic (exact) mass is 244 g/mol. The quantitative estimate of drug-likeness (QED) is 0.750. The number of carbonyl (C=O) groups excluding carboxylic acids is 1. The number of carbonyl (C=O) groups is 1. The molecule has 5 nitrogen and oxygen atoms in total. The molecule has 0 aliphatic carbocycles. The molecule has 0 fully saturated rings. The minimum absolute atomic E-state index is 0.155. The van der Waals surface area contributed by atoms with Crippen molar-refractivity contribution in [3.05, 3.63) is 41.7 Å². The number of hydrogen-bond donors (Lipinski definition) is 0. The van der Waals surface area contributed by atoms with Gasteiger partial charge in [0.2, 0.25) is 5.78 Å². The number of nitrogens with zero attached hydrogens (tertiary/aromatic N) is 2. The molecular formula is C13H12N2O3. The minimum atomic E-state index is -0.155. The van der Waals surface area contributed by atoms with Gasteiger partial charge in [-0.1, -0.05) is 6.07 Å². The van der Waals surface area contributed by atoms with Crippen LogP contribution in [-0.4, -0.2) is 28.8 Å². The fourth-order valence-electron chi connectivity index (χ4n) is 1.93. The number of ether oxygens (including phenoxy) is 2. The van der Waals surface area contributed by atoms with Crippen molar-refractivity contribution in [2.24, 2.45) is 7.05 Å². The Morgan fingerprint density at radius 2 is 2.11 bits per heavy atom. The maximum Gasteiger partial charge on any atom is 0.217 e. The molecule has 1 aliphatic rings. The van der Waals surface area contributed by atoms with Crippen molar-refractivity contribution in [3.8, 4) is 11.5 Å².